The molecule has 0 unspecified atom stereocenters. The molecule has 1 amide bonds. The van der Waals surface area contributed by atoms with Crippen LogP contribution >= 0.6 is 0 Å². The molecule has 0 bridgehead atoms. The van der Waals surface area contributed by atoms with Gasteiger partial charge in [-0.2, -0.15) is 0 Å². The summed E-state index contributed by atoms with van der Waals surface area (Å²) in [5.41, 5.74) is 6.18. The molecule has 9 nitrogen and oxygen atoms in total. The number of nitro groups is 1. The van der Waals surface area contributed by atoms with Crippen LogP contribution in [0.3, 0.4) is 0 Å². The van der Waals surface area contributed by atoms with Gasteiger partial charge in [-0.25, -0.2) is 12.7 Å². The van der Waals surface area contributed by atoms with Crippen molar-refractivity contribution in [1.82, 2.24) is 9.73 Å². The van der Waals surface area contributed by atoms with Crippen LogP contribution in [0, 0.1) is 10.1 Å². The molecular formula is C16H14N4O5S. The number of nitrogens with one attached hydrogen (secondary N) is 2. The van der Waals surface area contributed by atoms with Gasteiger partial charge in [-0.1, -0.05) is 18.2 Å². The number of hydrogen-bond donors (Lipinski definition) is 2. The van der Waals surface area contributed by atoms with Crippen molar-refractivity contribution >= 4 is 27.3 Å². The van der Waals surface area contributed by atoms with E-state index in [2.05, 4.69) is 10.9 Å². The Kier molecular flexibility index (Phi) is 4.34. The summed E-state index contributed by atoms with van der Waals surface area (Å²) in [4.78, 5) is 22.5. The maximum atomic E-state index is 12.5. The van der Waals surface area contributed by atoms with Crippen molar-refractivity contribution in [2.24, 2.45) is 0 Å². The highest BCUT2D eigenvalue weighted by atomic mass is 32.2. The van der Waals surface area contributed by atoms with Gasteiger partial charge in [-0.15, -0.1) is 0 Å². The smallest absolute Gasteiger partial charge is 0.273 e. The Hall–Kier alpha value is -3.40. The summed E-state index contributed by atoms with van der Waals surface area (Å²) >= 11 is 0. The number of amides is 1. The summed E-state index contributed by atoms with van der Waals surface area (Å²) in [7, 11) is -3.94. The van der Waals surface area contributed by atoms with Crippen LogP contribution in [0.4, 0.5) is 11.4 Å². The van der Waals surface area contributed by atoms with Gasteiger partial charge in [0.25, 0.3) is 21.6 Å². The zero-order valence-corrected chi connectivity index (χ0v) is 14.4. The number of nitro benzene ring substituents is 1. The summed E-state index contributed by atoms with van der Waals surface area (Å²) in [5.74, 6) is -0.642. The van der Waals surface area contributed by atoms with Gasteiger partial charge < -0.3 is 10.9 Å². The number of rotatable bonds is 5. The number of non-ortho nitro benzene ring substituents is 1. The number of sulfonamides is 1. The lowest BCUT2D eigenvalue weighted by atomic mass is 10.2. The van der Waals surface area contributed by atoms with Gasteiger partial charge in [-0.05, 0) is 25.1 Å². The second-order valence-electron chi connectivity index (χ2n) is 5.47. The second kappa shape index (κ2) is 6.48. The number of hydrogen-bond acceptors (Lipinski definition) is 7. The predicted molar refractivity (Wildman–Crippen MR) is 93.4 cm³/mol. The standard InChI is InChI=1S/C16H14N4O5S/c1-11(17-18-12-5-4-6-13(9-12)20(22)23)10-19-16(21)14-7-2-3-8-15(14)26(19,24)25/h2-10,17-18H,1H3/b11-10-. The molecule has 0 radical (unpaired) electrons. The van der Waals surface area contributed by atoms with Crippen molar-refractivity contribution in [2.45, 2.75) is 11.8 Å². The van der Waals surface area contributed by atoms with E-state index in [9.17, 15) is 23.3 Å². The molecule has 0 spiro atoms. The number of fused-ring (bicyclic) bond motifs is 1. The normalized spacial score (nSPS) is 15.5. The number of carbonyl (C=O) groups excluding carboxylic acids is 1. The molecule has 3 rings (SSSR count). The van der Waals surface area contributed by atoms with E-state index >= 15 is 0 Å². The Morgan fingerprint density at radius 2 is 1.92 bits per heavy atom. The maximum Gasteiger partial charge on any atom is 0.273 e. The summed E-state index contributed by atoms with van der Waals surface area (Å²) < 4.78 is 25.6. The minimum Gasteiger partial charge on any atom is -0.304 e. The van der Waals surface area contributed by atoms with Crippen molar-refractivity contribution in [3.8, 4) is 0 Å². The van der Waals surface area contributed by atoms with Crippen LogP contribution in [0.5, 0.6) is 0 Å². The van der Waals surface area contributed by atoms with Crippen molar-refractivity contribution in [2.75, 3.05) is 5.43 Å². The molecule has 0 saturated heterocycles. The lowest BCUT2D eigenvalue weighted by Gasteiger charge is -2.14. The highest BCUT2D eigenvalue weighted by molar-refractivity contribution is 7.90. The topological polar surface area (TPSA) is 122 Å². The number of nitrogens with zero attached hydrogens (tertiary/aromatic N) is 2. The molecule has 0 aromatic heterocycles. The minimum atomic E-state index is -3.94. The van der Waals surface area contributed by atoms with E-state index in [-0.39, 0.29) is 16.1 Å². The number of anilines is 1. The van der Waals surface area contributed by atoms with E-state index < -0.39 is 20.9 Å². The Balaban J connectivity index is 1.78. The van der Waals surface area contributed by atoms with E-state index in [1.807, 2.05) is 0 Å². The number of benzene rings is 2. The van der Waals surface area contributed by atoms with Crippen LogP contribution < -0.4 is 10.9 Å². The van der Waals surface area contributed by atoms with Gasteiger partial charge in [0.15, 0.2) is 0 Å². The Bertz CT molecular complexity index is 1030. The fraction of sp³-hybridized carbons (Fsp3) is 0.0625. The van der Waals surface area contributed by atoms with Crippen molar-refractivity contribution in [1.29, 1.82) is 0 Å². The van der Waals surface area contributed by atoms with Crippen molar-refractivity contribution in [3.05, 3.63) is 76.1 Å². The molecule has 26 heavy (non-hydrogen) atoms. The third-order valence-corrected chi connectivity index (χ3v) is 5.33. The first-order valence-electron chi connectivity index (χ1n) is 7.43. The fourth-order valence-electron chi connectivity index (χ4n) is 2.41. The fourth-order valence-corrected chi connectivity index (χ4v) is 3.92. The molecule has 0 fully saturated rings. The first-order valence-corrected chi connectivity index (χ1v) is 8.87. The number of hydrazine groups is 1. The molecule has 0 saturated carbocycles. The average molecular weight is 374 g/mol. The van der Waals surface area contributed by atoms with Crippen LogP contribution in [0.2, 0.25) is 0 Å². The average Bonchev–Trinajstić information content (AvgIpc) is 2.81. The Morgan fingerprint density at radius 3 is 2.62 bits per heavy atom. The Labute approximate surface area is 149 Å². The summed E-state index contributed by atoms with van der Waals surface area (Å²) in [6.07, 6.45) is 1.15. The van der Waals surface area contributed by atoms with Crippen LogP contribution in [0.25, 0.3) is 0 Å². The van der Waals surface area contributed by atoms with E-state index in [0.29, 0.717) is 15.7 Å². The molecule has 2 N–H and O–H groups in total. The summed E-state index contributed by atoms with van der Waals surface area (Å²) in [6.45, 7) is 1.55. The van der Waals surface area contributed by atoms with Gasteiger partial charge in [0.1, 0.15) is 4.90 Å². The minimum absolute atomic E-state index is 0.0410. The first-order chi connectivity index (χ1) is 12.3. The van der Waals surface area contributed by atoms with Crippen LogP contribution in [0.15, 0.2) is 65.3 Å². The van der Waals surface area contributed by atoms with Gasteiger partial charge in [0.2, 0.25) is 0 Å². The zero-order valence-electron chi connectivity index (χ0n) is 13.5. The molecule has 0 aliphatic carbocycles. The monoisotopic (exact) mass is 374 g/mol. The van der Waals surface area contributed by atoms with Crippen molar-refractivity contribution < 1.29 is 18.1 Å². The zero-order chi connectivity index (χ0) is 18.9. The quantitative estimate of drug-likeness (QED) is 0.608. The Morgan fingerprint density at radius 1 is 1.19 bits per heavy atom. The molecule has 1 heterocycles. The van der Waals surface area contributed by atoms with Crippen LogP contribution in [0.1, 0.15) is 17.3 Å². The van der Waals surface area contributed by atoms with Gasteiger partial charge in [-0.3, -0.25) is 14.9 Å². The van der Waals surface area contributed by atoms with E-state index in [1.54, 1.807) is 25.1 Å². The number of carbonyl (C=O) groups is 1. The van der Waals surface area contributed by atoms with Crippen molar-refractivity contribution in [3.63, 3.8) is 0 Å². The molecule has 2 aromatic rings. The van der Waals surface area contributed by atoms with E-state index in [0.717, 1.165) is 6.20 Å². The maximum absolute atomic E-state index is 12.5. The predicted octanol–water partition coefficient (Wildman–Crippen LogP) is 2.22. The number of allylic oxidation sites excluding steroid dienone is 1. The van der Waals surface area contributed by atoms with Crippen LogP contribution in [-0.2, 0) is 10.0 Å². The molecule has 10 heteroatoms. The largest absolute Gasteiger partial charge is 0.304 e. The molecular weight excluding hydrogens is 360 g/mol. The lowest BCUT2D eigenvalue weighted by Crippen LogP contribution is -2.28. The van der Waals surface area contributed by atoms with Crippen LogP contribution in [-0.4, -0.2) is 23.6 Å². The molecule has 2 aromatic carbocycles. The van der Waals surface area contributed by atoms with E-state index in [4.69, 9.17) is 0 Å². The third-order valence-electron chi connectivity index (χ3n) is 3.63. The van der Waals surface area contributed by atoms with Gasteiger partial charge >= 0.3 is 0 Å². The lowest BCUT2D eigenvalue weighted by molar-refractivity contribution is -0.384. The molecule has 134 valence electrons. The SMILES string of the molecule is C/C(=C/N1C(=O)c2ccccc2S1(=O)=O)NNc1cccc([N+](=O)[O-])c1. The second-order valence-corrected chi connectivity index (χ2v) is 7.26. The van der Waals surface area contributed by atoms with Gasteiger partial charge in [0.05, 0.1) is 16.2 Å². The van der Waals surface area contributed by atoms with Gasteiger partial charge in [0, 0.05) is 24.0 Å². The van der Waals surface area contributed by atoms with E-state index in [1.165, 1.54) is 30.3 Å². The third kappa shape index (κ3) is 3.09. The summed E-state index contributed by atoms with van der Waals surface area (Å²) in [5, 5.41) is 10.8. The summed E-state index contributed by atoms with van der Waals surface area (Å²) in [6, 6.07) is 11.7. The molecule has 0 atom stereocenters. The first kappa shape index (κ1) is 17.4. The molecule has 1 aliphatic rings. The highest BCUT2D eigenvalue weighted by Gasteiger charge is 2.39. The highest BCUT2D eigenvalue weighted by Crippen LogP contribution is 2.30. The molecule has 1 aliphatic heterocycles.